The number of halogens is 2. The highest BCUT2D eigenvalue weighted by molar-refractivity contribution is 6.34. The first-order valence-electron chi connectivity index (χ1n) is 5.03. The first-order chi connectivity index (χ1) is 8.65. The average Bonchev–Trinajstić information content (AvgIpc) is 2.77. The predicted molar refractivity (Wildman–Crippen MR) is 69.5 cm³/mol. The first kappa shape index (κ1) is 11.3. The summed E-state index contributed by atoms with van der Waals surface area (Å²) in [5.74, 6) is 0. The molecule has 1 N–H and O–H groups in total. The van der Waals surface area contributed by atoms with Gasteiger partial charge in [-0.15, -0.1) is 0 Å². The summed E-state index contributed by atoms with van der Waals surface area (Å²) in [7, 11) is 0. The second-order valence-corrected chi connectivity index (χ2v) is 4.52. The molecule has 0 amide bonds. The van der Waals surface area contributed by atoms with Gasteiger partial charge in [0.15, 0.2) is 5.52 Å². The second kappa shape index (κ2) is 4.12. The maximum absolute atomic E-state index is 11.5. The van der Waals surface area contributed by atoms with Crippen molar-refractivity contribution in [2.75, 3.05) is 0 Å². The number of nitrogens with one attached hydrogen (secondary N) is 1. The zero-order valence-corrected chi connectivity index (χ0v) is 10.4. The second-order valence-electron chi connectivity index (χ2n) is 3.67. The van der Waals surface area contributed by atoms with Crippen LogP contribution in [0.25, 0.3) is 16.6 Å². The largest absolute Gasteiger partial charge is 0.292 e. The fourth-order valence-corrected chi connectivity index (χ4v) is 2.03. The Labute approximate surface area is 111 Å². The highest BCUT2D eigenvalue weighted by Crippen LogP contribution is 2.24. The minimum absolute atomic E-state index is 0.307. The Morgan fingerprint density at radius 1 is 1.28 bits per heavy atom. The van der Waals surface area contributed by atoms with E-state index in [4.69, 9.17) is 23.2 Å². The third kappa shape index (κ3) is 1.77. The number of aromatic nitrogens is 4. The third-order valence-corrected chi connectivity index (χ3v) is 3.04. The normalized spacial score (nSPS) is 11.0. The monoisotopic (exact) mass is 280 g/mol. The molecule has 0 aliphatic rings. The van der Waals surface area contributed by atoms with Crippen molar-refractivity contribution >= 4 is 34.1 Å². The van der Waals surface area contributed by atoms with Gasteiger partial charge in [0.2, 0.25) is 0 Å². The molecule has 0 bridgehead atoms. The van der Waals surface area contributed by atoms with E-state index in [0.29, 0.717) is 26.6 Å². The molecule has 1 aromatic carbocycles. The van der Waals surface area contributed by atoms with E-state index in [9.17, 15) is 4.79 Å². The molecular formula is C11H6Cl2N4O. The SMILES string of the molecule is O=c1[nH]ncc2cn(-c3cc(Cl)ccc3Cl)nc12. The molecule has 3 aromatic rings. The lowest BCUT2D eigenvalue weighted by atomic mass is 10.3. The summed E-state index contributed by atoms with van der Waals surface area (Å²) in [6, 6.07) is 5.04. The summed E-state index contributed by atoms with van der Waals surface area (Å²) in [4.78, 5) is 11.5. The quantitative estimate of drug-likeness (QED) is 0.745. The van der Waals surface area contributed by atoms with Gasteiger partial charge in [0.05, 0.1) is 16.9 Å². The van der Waals surface area contributed by atoms with Crippen LogP contribution in [0.3, 0.4) is 0 Å². The molecule has 0 saturated carbocycles. The first-order valence-corrected chi connectivity index (χ1v) is 5.79. The summed E-state index contributed by atoms with van der Waals surface area (Å²) in [5.41, 5.74) is 0.574. The van der Waals surface area contributed by atoms with E-state index in [0.717, 1.165) is 0 Å². The molecule has 90 valence electrons. The zero-order valence-electron chi connectivity index (χ0n) is 8.89. The summed E-state index contributed by atoms with van der Waals surface area (Å²) in [6.07, 6.45) is 3.20. The van der Waals surface area contributed by atoms with Gasteiger partial charge in [-0.3, -0.25) is 4.79 Å². The number of hydrogen-bond donors (Lipinski definition) is 1. The number of H-pyrrole nitrogens is 1. The van der Waals surface area contributed by atoms with E-state index >= 15 is 0 Å². The lowest BCUT2D eigenvalue weighted by molar-refractivity contribution is 0.891. The van der Waals surface area contributed by atoms with Crippen LogP contribution in [0.2, 0.25) is 10.0 Å². The van der Waals surface area contributed by atoms with Gasteiger partial charge in [-0.2, -0.15) is 10.2 Å². The number of fused-ring (bicyclic) bond motifs is 1. The minimum Gasteiger partial charge on any atom is -0.265 e. The van der Waals surface area contributed by atoms with E-state index in [1.165, 1.54) is 10.9 Å². The number of benzene rings is 1. The molecule has 0 aliphatic heterocycles. The van der Waals surface area contributed by atoms with Crippen molar-refractivity contribution in [2.24, 2.45) is 0 Å². The zero-order chi connectivity index (χ0) is 12.7. The van der Waals surface area contributed by atoms with Crippen molar-refractivity contribution in [3.63, 3.8) is 0 Å². The summed E-state index contributed by atoms with van der Waals surface area (Å²) in [5, 5.41) is 11.9. The summed E-state index contributed by atoms with van der Waals surface area (Å²) in [6.45, 7) is 0. The average molecular weight is 281 g/mol. The fourth-order valence-electron chi connectivity index (χ4n) is 1.66. The molecule has 0 saturated heterocycles. The lowest BCUT2D eigenvalue weighted by Crippen LogP contribution is -2.07. The standard InChI is InChI=1S/C11H6Cl2N4O/c12-7-1-2-8(13)9(3-7)17-5-6-4-14-15-11(18)10(6)16-17/h1-5H,(H,15,18). The molecule has 3 rings (SSSR count). The molecule has 7 heteroatoms. The Morgan fingerprint density at radius 2 is 2.11 bits per heavy atom. The van der Waals surface area contributed by atoms with Crippen molar-refractivity contribution in [3.8, 4) is 5.69 Å². The molecule has 2 heterocycles. The maximum Gasteiger partial charge on any atom is 0.292 e. The van der Waals surface area contributed by atoms with E-state index in [-0.39, 0.29) is 5.56 Å². The van der Waals surface area contributed by atoms with E-state index < -0.39 is 0 Å². The molecule has 0 aliphatic carbocycles. The Bertz CT molecular complexity index is 793. The van der Waals surface area contributed by atoms with Crippen molar-refractivity contribution in [3.05, 3.63) is 51.0 Å². The Morgan fingerprint density at radius 3 is 2.89 bits per heavy atom. The van der Waals surface area contributed by atoms with Crippen LogP contribution in [0.1, 0.15) is 0 Å². The third-order valence-electron chi connectivity index (χ3n) is 2.48. The number of aromatic amines is 1. The van der Waals surface area contributed by atoms with Gasteiger partial charge >= 0.3 is 0 Å². The molecule has 2 aromatic heterocycles. The van der Waals surface area contributed by atoms with Gasteiger partial charge < -0.3 is 0 Å². The summed E-state index contributed by atoms with van der Waals surface area (Å²) < 4.78 is 1.51. The topological polar surface area (TPSA) is 63.6 Å². The molecule has 0 unspecified atom stereocenters. The molecule has 18 heavy (non-hydrogen) atoms. The van der Waals surface area contributed by atoms with Crippen molar-refractivity contribution in [1.29, 1.82) is 0 Å². The van der Waals surface area contributed by atoms with Crippen molar-refractivity contribution in [2.45, 2.75) is 0 Å². The Hall–Kier alpha value is -1.85. The molecule has 0 fully saturated rings. The van der Waals surface area contributed by atoms with Gasteiger partial charge in [0.1, 0.15) is 0 Å². The van der Waals surface area contributed by atoms with Crippen LogP contribution in [0.5, 0.6) is 0 Å². The Balaban J connectivity index is 2.29. The van der Waals surface area contributed by atoms with Crippen LogP contribution < -0.4 is 5.56 Å². The molecular weight excluding hydrogens is 275 g/mol. The van der Waals surface area contributed by atoms with E-state index in [1.807, 2.05) is 0 Å². The summed E-state index contributed by atoms with van der Waals surface area (Å²) >= 11 is 12.0. The van der Waals surface area contributed by atoms with Crippen LogP contribution in [0, 0.1) is 0 Å². The van der Waals surface area contributed by atoms with Gasteiger partial charge in [0.25, 0.3) is 5.56 Å². The van der Waals surface area contributed by atoms with Crippen LogP contribution >= 0.6 is 23.2 Å². The van der Waals surface area contributed by atoms with Crippen LogP contribution in [0.15, 0.2) is 35.4 Å². The highest BCUT2D eigenvalue weighted by atomic mass is 35.5. The van der Waals surface area contributed by atoms with E-state index in [1.54, 1.807) is 24.4 Å². The van der Waals surface area contributed by atoms with Crippen molar-refractivity contribution < 1.29 is 0 Å². The van der Waals surface area contributed by atoms with Crippen LogP contribution in [0.4, 0.5) is 0 Å². The van der Waals surface area contributed by atoms with Gasteiger partial charge in [-0.05, 0) is 18.2 Å². The molecule has 0 atom stereocenters. The van der Waals surface area contributed by atoms with E-state index in [2.05, 4.69) is 15.3 Å². The molecule has 0 radical (unpaired) electrons. The number of hydrogen-bond acceptors (Lipinski definition) is 3. The maximum atomic E-state index is 11.5. The molecule has 0 spiro atoms. The highest BCUT2D eigenvalue weighted by Gasteiger charge is 2.09. The smallest absolute Gasteiger partial charge is 0.265 e. The lowest BCUT2D eigenvalue weighted by Gasteiger charge is -2.03. The van der Waals surface area contributed by atoms with Gasteiger partial charge in [0, 0.05) is 16.6 Å². The predicted octanol–water partition coefficient (Wildman–Crippen LogP) is 2.42. The fraction of sp³-hybridized carbons (Fsp3) is 0. The van der Waals surface area contributed by atoms with Crippen LogP contribution in [-0.2, 0) is 0 Å². The molecule has 5 nitrogen and oxygen atoms in total. The number of nitrogens with zero attached hydrogens (tertiary/aromatic N) is 3. The minimum atomic E-state index is -0.343. The van der Waals surface area contributed by atoms with Crippen molar-refractivity contribution in [1.82, 2.24) is 20.0 Å². The number of rotatable bonds is 1. The Kier molecular flexibility index (Phi) is 2.57. The van der Waals surface area contributed by atoms with Crippen LogP contribution in [-0.4, -0.2) is 20.0 Å². The van der Waals surface area contributed by atoms with Gasteiger partial charge in [-0.1, -0.05) is 23.2 Å². The van der Waals surface area contributed by atoms with Gasteiger partial charge in [-0.25, -0.2) is 9.78 Å².